The maximum absolute atomic E-state index is 5.22. The van der Waals surface area contributed by atoms with Crippen LogP contribution in [-0.4, -0.2) is 23.8 Å². The van der Waals surface area contributed by atoms with Crippen molar-refractivity contribution in [3.8, 4) is 16.9 Å². The van der Waals surface area contributed by atoms with Crippen LogP contribution in [0.5, 0.6) is 5.75 Å². The van der Waals surface area contributed by atoms with Gasteiger partial charge < -0.3 is 14.6 Å². The number of ether oxygens (including phenoxy) is 1. The Labute approximate surface area is 154 Å². The average Bonchev–Trinajstić information content (AvgIpc) is 3.10. The number of nitrogens with zero attached hydrogens (tertiary/aromatic N) is 2. The number of benzene rings is 2. The number of anilines is 1. The van der Waals surface area contributed by atoms with E-state index in [2.05, 4.69) is 51.9 Å². The van der Waals surface area contributed by atoms with Crippen LogP contribution in [0, 0.1) is 6.92 Å². The molecule has 3 aromatic rings. The van der Waals surface area contributed by atoms with Gasteiger partial charge in [0, 0.05) is 18.7 Å². The minimum Gasteiger partial charge on any atom is -0.497 e. The lowest BCUT2D eigenvalue weighted by atomic mass is 10.0. The zero-order valence-corrected chi connectivity index (χ0v) is 15.4. The van der Waals surface area contributed by atoms with Gasteiger partial charge >= 0.3 is 0 Å². The standard InChI is InChI=1S/C21H25N3O2/c1-16-23-21(26-24-16)9-4-3-5-14-22-19-8-6-7-18(15-19)17-10-12-20(25-2)13-11-17/h6-8,10-13,15,22H,3-5,9,14H2,1-2H3. The van der Waals surface area contributed by atoms with Crippen molar-refractivity contribution in [2.24, 2.45) is 0 Å². The van der Waals surface area contributed by atoms with Crippen molar-refractivity contribution in [3.05, 3.63) is 60.2 Å². The lowest BCUT2D eigenvalue weighted by molar-refractivity contribution is 0.370. The summed E-state index contributed by atoms with van der Waals surface area (Å²) in [6, 6.07) is 16.6. The molecule has 0 aliphatic rings. The van der Waals surface area contributed by atoms with Crippen molar-refractivity contribution < 1.29 is 9.26 Å². The van der Waals surface area contributed by atoms with Crippen molar-refractivity contribution in [1.29, 1.82) is 0 Å². The molecule has 0 amide bonds. The molecule has 0 aliphatic carbocycles. The minimum atomic E-state index is 0.707. The monoisotopic (exact) mass is 351 g/mol. The third kappa shape index (κ3) is 5.09. The number of hydrogen-bond acceptors (Lipinski definition) is 5. The van der Waals surface area contributed by atoms with Crippen LogP contribution in [0.3, 0.4) is 0 Å². The molecule has 0 fully saturated rings. The highest BCUT2D eigenvalue weighted by atomic mass is 16.5. The first-order chi connectivity index (χ1) is 12.7. The zero-order chi connectivity index (χ0) is 18.2. The maximum Gasteiger partial charge on any atom is 0.226 e. The molecule has 1 N–H and O–H groups in total. The van der Waals surface area contributed by atoms with Gasteiger partial charge in [0.2, 0.25) is 5.89 Å². The van der Waals surface area contributed by atoms with E-state index in [-0.39, 0.29) is 0 Å². The molecule has 0 saturated carbocycles. The third-order valence-electron chi connectivity index (χ3n) is 4.25. The van der Waals surface area contributed by atoms with E-state index in [1.165, 1.54) is 11.1 Å². The van der Waals surface area contributed by atoms with Crippen molar-refractivity contribution in [3.63, 3.8) is 0 Å². The van der Waals surface area contributed by atoms with Crippen molar-refractivity contribution in [2.45, 2.75) is 32.6 Å². The Bertz CT molecular complexity index is 812. The predicted octanol–water partition coefficient (Wildman–Crippen LogP) is 4.88. The fourth-order valence-corrected chi connectivity index (χ4v) is 2.84. The predicted molar refractivity (Wildman–Crippen MR) is 104 cm³/mol. The summed E-state index contributed by atoms with van der Waals surface area (Å²) in [6.45, 7) is 2.80. The molecule has 0 bridgehead atoms. The van der Waals surface area contributed by atoms with Crippen LogP contribution in [0.4, 0.5) is 5.69 Å². The minimum absolute atomic E-state index is 0.707. The highest BCUT2D eigenvalue weighted by Crippen LogP contribution is 2.24. The first-order valence-electron chi connectivity index (χ1n) is 9.02. The highest BCUT2D eigenvalue weighted by Gasteiger charge is 2.02. The van der Waals surface area contributed by atoms with Crippen LogP contribution in [-0.2, 0) is 6.42 Å². The quantitative estimate of drug-likeness (QED) is 0.557. The van der Waals surface area contributed by atoms with Crippen molar-refractivity contribution in [1.82, 2.24) is 10.1 Å². The molecule has 5 heteroatoms. The summed E-state index contributed by atoms with van der Waals surface area (Å²) in [7, 11) is 1.68. The van der Waals surface area contributed by atoms with Gasteiger partial charge in [-0.2, -0.15) is 4.98 Å². The molecule has 0 aliphatic heterocycles. The summed E-state index contributed by atoms with van der Waals surface area (Å²) in [6.07, 6.45) is 4.16. The van der Waals surface area contributed by atoms with Gasteiger partial charge in [-0.15, -0.1) is 0 Å². The molecule has 136 valence electrons. The van der Waals surface area contributed by atoms with E-state index in [1.54, 1.807) is 7.11 Å². The molecule has 1 heterocycles. The summed E-state index contributed by atoms with van der Waals surface area (Å²) in [5.41, 5.74) is 3.53. The molecule has 2 aromatic carbocycles. The maximum atomic E-state index is 5.22. The molecule has 3 rings (SSSR count). The van der Waals surface area contributed by atoms with Gasteiger partial charge in [-0.25, -0.2) is 0 Å². The van der Waals surface area contributed by atoms with Gasteiger partial charge in [-0.05, 0) is 55.2 Å². The van der Waals surface area contributed by atoms with Gasteiger partial charge in [0.05, 0.1) is 7.11 Å². The van der Waals surface area contributed by atoms with E-state index in [0.29, 0.717) is 5.82 Å². The summed E-state index contributed by atoms with van der Waals surface area (Å²) in [5.74, 6) is 2.32. The first-order valence-corrected chi connectivity index (χ1v) is 9.02. The molecule has 0 radical (unpaired) electrons. The molecular formula is C21H25N3O2. The van der Waals surface area contributed by atoms with Gasteiger partial charge in [-0.1, -0.05) is 35.8 Å². The second-order valence-electron chi connectivity index (χ2n) is 6.28. The number of aromatic nitrogens is 2. The second kappa shape index (κ2) is 9.04. The van der Waals surface area contributed by atoms with Gasteiger partial charge in [0.25, 0.3) is 0 Å². The van der Waals surface area contributed by atoms with Crippen LogP contribution in [0.2, 0.25) is 0 Å². The van der Waals surface area contributed by atoms with Crippen LogP contribution in [0.15, 0.2) is 53.1 Å². The van der Waals surface area contributed by atoms with E-state index in [4.69, 9.17) is 9.26 Å². The van der Waals surface area contributed by atoms with Crippen LogP contribution in [0.1, 0.15) is 31.0 Å². The number of nitrogens with one attached hydrogen (secondary N) is 1. The number of rotatable bonds is 9. The fourth-order valence-electron chi connectivity index (χ4n) is 2.84. The lowest BCUT2D eigenvalue weighted by Gasteiger charge is -2.09. The molecule has 0 atom stereocenters. The number of unbranched alkanes of at least 4 members (excludes halogenated alkanes) is 2. The van der Waals surface area contributed by atoms with Crippen LogP contribution in [0.25, 0.3) is 11.1 Å². The van der Waals surface area contributed by atoms with Gasteiger partial charge in [0.1, 0.15) is 5.75 Å². The Balaban J connectivity index is 1.43. The fraction of sp³-hybridized carbons (Fsp3) is 0.333. The van der Waals surface area contributed by atoms with E-state index < -0.39 is 0 Å². The average molecular weight is 351 g/mol. The Morgan fingerprint density at radius 1 is 1.00 bits per heavy atom. The Kier molecular flexibility index (Phi) is 6.25. The van der Waals surface area contributed by atoms with Crippen molar-refractivity contribution in [2.75, 3.05) is 19.0 Å². The van der Waals surface area contributed by atoms with E-state index in [0.717, 1.165) is 49.6 Å². The molecule has 0 unspecified atom stereocenters. The van der Waals surface area contributed by atoms with Crippen molar-refractivity contribution >= 4 is 5.69 Å². The zero-order valence-electron chi connectivity index (χ0n) is 15.4. The SMILES string of the molecule is COc1ccc(-c2cccc(NCCCCCc3nc(C)no3)c2)cc1. The summed E-state index contributed by atoms with van der Waals surface area (Å²) in [4.78, 5) is 4.22. The third-order valence-corrected chi connectivity index (χ3v) is 4.25. The highest BCUT2D eigenvalue weighted by molar-refractivity contribution is 5.68. The Morgan fingerprint density at radius 2 is 1.85 bits per heavy atom. The molecule has 26 heavy (non-hydrogen) atoms. The van der Waals surface area contributed by atoms with Crippen LogP contribution < -0.4 is 10.1 Å². The van der Waals surface area contributed by atoms with Gasteiger partial charge in [0.15, 0.2) is 5.82 Å². The Hall–Kier alpha value is -2.82. The van der Waals surface area contributed by atoms with Crippen LogP contribution >= 0.6 is 0 Å². The van der Waals surface area contributed by atoms with E-state index in [9.17, 15) is 0 Å². The molecule has 0 spiro atoms. The lowest BCUT2D eigenvalue weighted by Crippen LogP contribution is -2.01. The molecular weight excluding hydrogens is 326 g/mol. The second-order valence-corrected chi connectivity index (χ2v) is 6.28. The van der Waals surface area contributed by atoms with E-state index in [1.807, 2.05) is 19.1 Å². The first kappa shape index (κ1) is 18.0. The largest absolute Gasteiger partial charge is 0.497 e. The number of methoxy groups -OCH3 is 1. The Morgan fingerprint density at radius 3 is 2.58 bits per heavy atom. The molecule has 5 nitrogen and oxygen atoms in total. The number of aryl methyl sites for hydroxylation is 2. The smallest absolute Gasteiger partial charge is 0.226 e. The van der Waals surface area contributed by atoms with E-state index >= 15 is 0 Å². The van der Waals surface area contributed by atoms with Gasteiger partial charge in [-0.3, -0.25) is 0 Å². The molecule has 0 saturated heterocycles. The summed E-state index contributed by atoms with van der Waals surface area (Å²) < 4.78 is 10.3. The normalized spacial score (nSPS) is 10.7. The molecule has 1 aromatic heterocycles. The topological polar surface area (TPSA) is 60.2 Å². The summed E-state index contributed by atoms with van der Waals surface area (Å²) >= 11 is 0. The number of hydrogen-bond donors (Lipinski definition) is 1. The summed E-state index contributed by atoms with van der Waals surface area (Å²) in [5, 5.41) is 7.31.